The van der Waals surface area contributed by atoms with Gasteiger partial charge in [0.05, 0.1) is 6.26 Å². The first kappa shape index (κ1) is 20.6. The second-order valence-corrected chi connectivity index (χ2v) is 9.36. The van der Waals surface area contributed by atoms with Crippen molar-refractivity contribution in [2.45, 2.75) is 38.0 Å². The Balaban J connectivity index is 1.81. The molecule has 2 fully saturated rings. The highest BCUT2D eigenvalue weighted by atomic mass is 32.2. The fourth-order valence-corrected chi connectivity index (χ4v) is 4.83. The van der Waals surface area contributed by atoms with Crippen molar-refractivity contribution in [1.82, 2.24) is 19.8 Å². The van der Waals surface area contributed by atoms with Crippen LogP contribution in [0.15, 0.2) is 24.3 Å². The number of carbonyl (C=O) groups excluding carboxylic acids is 2. The summed E-state index contributed by atoms with van der Waals surface area (Å²) in [4.78, 5) is 28.3. The van der Waals surface area contributed by atoms with E-state index in [1.54, 1.807) is 23.1 Å². The summed E-state index contributed by atoms with van der Waals surface area (Å²) >= 11 is 0. The summed E-state index contributed by atoms with van der Waals surface area (Å²) < 4.78 is 25.8. The number of benzene rings is 1. The van der Waals surface area contributed by atoms with Crippen LogP contribution in [0.3, 0.4) is 0 Å². The number of nitrogens with one attached hydrogen (secondary N) is 2. The third-order valence-corrected chi connectivity index (χ3v) is 5.74. The van der Waals surface area contributed by atoms with Gasteiger partial charge in [-0.25, -0.2) is 13.1 Å². The Bertz CT molecular complexity index is 859. The quantitative estimate of drug-likeness (QED) is 0.587. The van der Waals surface area contributed by atoms with Crippen molar-refractivity contribution in [1.29, 1.82) is 0 Å². The number of hydrogen-bond donors (Lipinski definition) is 3. The van der Waals surface area contributed by atoms with E-state index in [1.807, 2.05) is 6.07 Å². The van der Waals surface area contributed by atoms with Gasteiger partial charge in [0.2, 0.25) is 21.8 Å². The van der Waals surface area contributed by atoms with Crippen molar-refractivity contribution < 1.29 is 23.1 Å². The minimum Gasteiger partial charge on any atom is -0.508 e. The number of phenols is 1. The topological polar surface area (TPSA) is 119 Å². The number of sulfonamides is 1. The van der Waals surface area contributed by atoms with Gasteiger partial charge in [0, 0.05) is 45.2 Å². The van der Waals surface area contributed by atoms with E-state index >= 15 is 0 Å². The van der Waals surface area contributed by atoms with Gasteiger partial charge in [-0.2, -0.15) is 0 Å². The van der Waals surface area contributed by atoms with Gasteiger partial charge in [0.25, 0.3) is 0 Å². The number of carbonyl (C=O) groups is 2. The van der Waals surface area contributed by atoms with Crippen LogP contribution in [-0.4, -0.2) is 79.2 Å². The van der Waals surface area contributed by atoms with Crippen LogP contribution < -0.4 is 10.0 Å². The number of nitrogens with zero attached hydrogens (tertiary/aromatic N) is 2. The van der Waals surface area contributed by atoms with Crippen LogP contribution in [-0.2, 0) is 26.2 Å². The number of aromatic hydroxyl groups is 1. The second-order valence-electron chi connectivity index (χ2n) is 7.58. The number of amides is 2. The van der Waals surface area contributed by atoms with Crippen LogP contribution in [0.2, 0.25) is 0 Å². The van der Waals surface area contributed by atoms with Crippen molar-refractivity contribution in [3.8, 4) is 5.75 Å². The molecule has 3 rings (SSSR count). The average Bonchev–Trinajstić information content (AvgIpc) is 2.88. The third kappa shape index (κ3) is 5.21. The van der Waals surface area contributed by atoms with Gasteiger partial charge in [0.1, 0.15) is 11.8 Å². The SMILES string of the molecule is CC(=O)N[C@H]1CN(Cc2cccc(O)c2)C[C@@H]2C[C@H](NS(C)(=O)=O)CN2C1=O. The van der Waals surface area contributed by atoms with Gasteiger partial charge >= 0.3 is 0 Å². The number of fused-ring (bicyclic) bond motifs is 1. The minimum atomic E-state index is -3.38. The lowest BCUT2D eigenvalue weighted by Gasteiger charge is -2.25. The van der Waals surface area contributed by atoms with Crippen molar-refractivity contribution in [2.24, 2.45) is 0 Å². The zero-order valence-corrected chi connectivity index (χ0v) is 16.8. The molecule has 1 aromatic carbocycles. The first-order valence-corrected chi connectivity index (χ1v) is 11.0. The Morgan fingerprint density at radius 3 is 2.68 bits per heavy atom. The van der Waals surface area contributed by atoms with Gasteiger partial charge < -0.3 is 15.3 Å². The number of phenolic OH excluding ortho intramolecular Hbond substituents is 1. The second kappa shape index (κ2) is 8.06. The van der Waals surface area contributed by atoms with E-state index in [2.05, 4.69) is 14.9 Å². The highest BCUT2D eigenvalue weighted by molar-refractivity contribution is 7.88. The van der Waals surface area contributed by atoms with E-state index in [4.69, 9.17) is 0 Å². The first-order chi connectivity index (χ1) is 13.1. The van der Waals surface area contributed by atoms with E-state index in [0.717, 1.165) is 11.8 Å². The van der Waals surface area contributed by atoms with Gasteiger partial charge in [0.15, 0.2) is 0 Å². The zero-order chi connectivity index (χ0) is 20.5. The van der Waals surface area contributed by atoms with Crippen LogP contribution in [0, 0.1) is 0 Å². The predicted octanol–water partition coefficient (Wildman–Crippen LogP) is -0.769. The maximum absolute atomic E-state index is 13.0. The van der Waals surface area contributed by atoms with Crippen LogP contribution in [0.4, 0.5) is 0 Å². The van der Waals surface area contributed by atoms with Crippen LogP contribution in [0.25, 0.3) is 0 Å². The Labute approximate surface area is 164 Å². The summed E-state index contributed by atoms with van der Waals surface area (Å²) in [6.45, 7) is 3.07. The Morgan fingerprint density at radius 1 is 1.29 bits per heavy atom. The summed E-state index contributed by atoms with van der Waals surface area (Å²) in [5.74, 6) is -0.322. The molecule has 0 aliphatic carbocycles. The molecule has 154 valence electrons. The van der Waals surface area contributed by atoms with Crippen LogP contribution in [0.5, 0.6) is 5.75 Å². The van der Waals surface area contributed by atoms with E-state index in [0.29, 0.717) is 26.1 Å². The van der Waals surface area contributed by atoms with E-state index in [1.165, 1.54) is 6.92 Å². The lowest BCUT2D eigenvalue weighted by molar-refractivity contribution is -0.135. The number of rotatable bonds is 5. The van der Waals surface area contributed by atoms with Gasteiger partial charge in [-0.3, -0.25) is 14.5 Å². The molecular weight excluding hydrogens is 384 g/mol. The summed E-state index contributed by atoms with van der Waals surface area (Å²) in [5.41, 5.74) is 0.895. The summed E-state index contributed by atoms with van der Waals surface area (Å²) in [5, 5.41) is 12.4. The van der Waals surface area contributed by atoms with E-state index < -0.39 is 16.1 Å². The molecule has 2 heterocycles. The molecule has 10 heteroatoms. The molecule has 0 saturated carbocycles. The average molecular weight is 410 g/mol. The maximum Gasteiger partial charge on any atom is 0.246 e. The van der Waals surface area contributed by atoms with E-state index in [9.17, 15) is 23.1 Å². The van der Waals surface area contributed by atoms with Crippen LogP contribution in [0.1, 0.15) is 18.9 Å². The molecular formula is C18H26N4O5S. The lowest BCUT2D eigenvalue weighted by atomic mass is 10.1. The first-order valence-electron chi connectivity index (χ1n) is 9.16. The molecule has 3 N–H and O–H groups in total. The molecule has 3 atom stereocenters. The van der Waals surface area contributed by atoms with Crippen molar-refractivity contribution >= 4 is 21.8 Å². The lowest BCUT2D eigenvalue weighted by Crippen LogP contribution is -2.51. The van der Waals surface area contributed by atoms with Crippen molar-refractivity contribution in [3.05, 3.63) is 29.8 Å². The van der Waals surface area contributed by atoms with Crippen molar-refractivity contribution in [3.63, 3.8) is 0 Å². The Morgan fingerprint density at radius 2 is 2.04 bits per heavy atom. The predicted molar refractivity (Wildman–Crippen MR) is 103 cm³/mol. The molecule has 1 aromatic rings. The molecule has 0 spiro atoms. The largest absolute Gasteiger partial charge is 0.508 e. The molecule has 28 heavy (non-hydrogen) atoms. The monoisotopic (exact) mass is 410 g/mol. The molecule has 2 amide bonds. The highest BCUT2D eigenvalue weighted by Crippen LogP contribution is 2.25. The molecule has 2 aliphatic heterocycles. The van der Waals surface area contributed by atoms with Crippen LogP contribution >= 0.6 is 0 Å². The maximum atomic E-state index is 13.0. The standard InChI is InChI=1S/C18H26N4O5S/c1-12(23)19-17-11-21(8-13-4-3-5-16(24)6-13)10-15-7-14(20-28(2,26)27)9-22(15)18(17)25/h3-6,14-15,17,20,24H,7-11H2,1-2H3,(H,19,23)/t14-,15-,17-/m0/s1. The molecule has 0 unspecified atom stereocenters. The molecule has 2 aliphatic rings. The normalized spacial score (nSPS) is 26.0. The Kier molecular flexibility index (Phi) is 5.92. The smallest absolute Gasteiger partial charge is 0.246 e. The van der Waals surface area contributed by atoms with Gasteiger partial charge in [-0.05, 0) is 24.1 Å². The van der Waals surface area contributed by atoms with Gasteiger partial charge in [-0.15, -0.1) is 0 Å². The molecule has 9 nitrogen and oxygen atoms in total. The van der Waals surface area contributed by atoms with E-state index in [-0.39, 0.29) is 36.2 Å². The fourth-order valence-electron chi connectivity index (χ4n) is 4.05. The molecule has 0 aromatic heterocycles. The molecule has 2 saturated heterocycles. The molecule has 0 bridgehead atoms. The minimum absolute atomic E-state index is 0.150. The molecule has 0 radical (unpaired) electrons. The van der Waals surface area contributed by atoms with Crippen molar-refractivity contribution in [2.75, 3.05) is 25.9 Å². The summed E-state index contributed by atoms with van der Waals surface area (Å²) in [6.07, 6.45) is 1.62. The highest BCUT2D eigenvalue weighted by Gasteiger charge is 2.42. The summed E-state index contributed by atoms with van der Waals surface area (Å²) in [7, 11) is -3.38. The summed E-state index contributed by atoms with van der Waals surface area (Å²) in [6, 6.07) is 5.71. The zero-order valence-electron chi connectivity index (χ0n) is 16.0. The third-order valence-electron chi connectivity index (χ3n) is 4.98. The van der Waals surface area contributed by atoms with Gasteiger partial charge in [-0.1, -0.05) is 12.1 Å². The fraction of sp³-hybridized carbons (Fsp3) is 0.556. The Hall–Kier alpha value is -2.17. The number of hydrogen-bond acceptors (Lipinski definition) is 6.